The van der Waals surface area contributed by atoms with Crippen LogP contribution in [0.1, 0.15) is 198 Å². The minimum atomic E-state index is -0.680. The number of hydrogen-bond acceptors (Lipinski definition) is 8. The Morgan fingerprint density at radius 1 is 0.283 bits per heavy atom. The Hall–Kier alpha value is -5.14. The van der Waals surface area contributed by atoms with Crippen LogP contribution in [0.25, 0.3) is 22.3 Å². The summed E-state index contributed by atoms with van der Waals surface area (Å²) in [6.07, 6.45) is 28.8. The fourth-order valence-corrected chi connectivity index (χ4v) is 14.8. The van der Waals surface area contributed by atoms with Crippen LogP contribution in [0, 0.1) is 0 Å². The maximum atomic E-state index is 6.38. The molecule has 0 aromatic heterocycles. The Kier molecular flexibility index (Phi) is 29.7. The fraction of sp³-hybridized carbons (Fsp3) is 0.488. The minimum Gasteiger partial charge on any atom is -0.491 e. The van der Waals surface area contributed by atoms with Crippen molar-refractivity contribution < 1.29 is 37.9 Å². The number of unbranched alkanes of at least 4 members (excludes halogenated alkanes) is 18. The molecule has 0 saturated carbocycles. The van der Waals surface area contributed by atoms with Gasteiger partial charge in [-0.15, -0.1) is 0 Å². The number of ether oxygens (including phenoxy) is 8. The number of halogens is 2. The lowest BCUT2D eigenvalue weighted by Crippen LogP contribution is -2.30. The van der Waals surface area contributed by atoms with E-state index in [0.29, 0.717) is 79.3 Å². The van der Waals surface area contributed by atoms with Crippen molar-refractivity contribution in [1.82, 2.24) is 0 Å². The summed E-state index contributed by atoms with van der Waals surface area (Å²) in [6, 6.07) is 56.2. The number of aryl methyl sites for hydroxylation is 2. The Morgan fingerprint density at radius 3 is 0.891 bits per heavy atom. The van der Waals surface area contributed by atoms with E-state index in [-0.39, 0.29) is 0 Å². The van der Waals surface area contributed by atoms with E-state index < -0.39 is 10.8 Å². The van der Waals surface area contributed by atoms with Gasteiger partial charge in [-0.25, -0.2) is 0 Å². The predicted octanol–water partition coefficient (Wildman–Crippen LogP) is 21.0. The molecule has 0 aliphatic heterocycles. The Balaban J connectivity index is 1.09. The average Bonchev–Trinajstić information content (AvgIpc) is 1.51. The number of methoxy groups -OCH3 is 2. The van der Waals surface area contributed by atoms with Gasteiger partial charge in [0.15, 0.2) is 0 Å². The summed E-state index contributed by atoms with van der Waals surface area (Å²) < 4.78 is 48.1. The molecule has 8 nitrogen and oxygen atoms in total. The fourth-order valence-electron chi connectivity index (χ4n) is 14.1. The molecular weight excluding hydrogens is 1270 g/mol. The van der Waals surface area contributed by atoms with Crippen molar-refractivity contribution in [3.8, 4) is 33.8 Å². The normalized spacial score (nSPS) is 15.4. The van der Waals surface area contributed by atoms with Gasteiger partial charge in [0, 0.05) is 23.2 Å². The van der Waals surface area contributed by atoms with Crippen LogP contribution in [0.3, 0.4) is 0 Å². The molecule has 0 heterocycles. The minimum absolute atomic E-state index is 0.435. The van der Waals surface area contributed by atoms with E-state index in [1.165, 1.54) is 206 Å². The average molecular weight is 1380 g/mol. The molecule has 2 aliphatic rings. The Labute approximate surface area is 569 Å². The molecule has 92 heavy (non-hydrogen) atoms. The molecule has 2 aliphatic carbocycles. The molecule has 0 unspecified atom stereocenters. The van der Waals surface area contributed by atoms with Crippen molar-refractivity contribution in [1.29, 1.82) is 0 Å². The van der Waals surface area contributed by atoms with E-state index in [4.69, 9.17) is 37.9 Å². The first-order valence-corrected chi connectivity index (χ1v) is 36.7. The van der Waals surface area contributed by atoms with Crippen molar-refractivity contribution in [2.45, 2.75) is 166 Å². The van der Waals surface area contributed by atoms with Crippen molar-refractivity contribution in [3.63, 3.8) is 0 Å². The quantitative estimate of drug-likeness (QED) is 0.0350. The molecular formula is C82H104Br2O8. The summed E-state index contributed by atoms with van der Waals surface area (Å²) in [5, 5.41) is 0. The lowest BCUT2D eigenvalue weighted by Gasteiger charge is -2.36. The second-order valence-electron chi connectivity index (χ2n) is 25.3. The van der Waals surface area contributed by atoms with Crippen LogP contribution < -0.4 is 9.47 Å². The summed E-state index contributed by atoms with van der Waals surface area (Å²) in [6.45, 7) is 10.7. The van der Waals surface area contributed by atoms with Crippen molar-refractivity contribution in [2.24, 2.45) is 0 Å². The molecule has 0 fully saturated rings. The highest BCUT2D eigenvalue weighted by Gasteiger charge is 2.51. The molecule has 0 spiro atoms. The van der Waals surface area contributed by atoms with Crippen LogP contribution in [0.5, 0.6) is 11.5 Å². The van der Waals surface area contributed by atoms with Crippen LogP contribution >= 0.6 is 31.9 Å². The molecule has 0 bridgehead atoms. The highest BCUT2D eigenvalue weighted by atomic mass is 79.9. The molecule has 494 valence electrons. The molecule has 7 aromatic carbocycles. The first kappa shape index (κ1) is 71.2. The topological polar surface area (TPSA) is 73.8 Å². The maximum absolute atomic E-state index is 6.38. The van der Waals surface area contributed by atoms with Gasteiger partial charge in [0.1, 0.15) is 24.7 Å². The van der Waals surface area contributed by atoms with E-state index in [0.717, 1.165) is 33.3 Å². The number of benzene rings is 7. The number of fused-ring (bicyclic) bond motifs is 6. The van der Waals surface area contributed by atoms with E-state index in [1.807, 2.05) is 0 Å². The van der Waals surface area contributed by atoms with Crippen LogP contribution in [0.4, 0.5) is 0 Å². The second kappa shape index (κ2) is 38.4. The second-order valence-corrected chi connectivity index (χ2v) is 27.1. The molecule has 0 saturated heterocycles. The van der Waals surface area contributed by atoms with Gasteiger partial charge in [-0.1, -0.05) is 246 Å². The molecule has 7 aromatic rings. The summed E-state index contributed by atoms with van der Waals surface area (Å²) in [5.41, 5.74) is 16.3. The zero-order valence-corrected chi connectivity index (χ0v) is 59.1. The van der Waals surface area contributed by atoms with E-state index in [1.54, 1.807) is 14.2 Å². The smallest absolute Gasteiger partial charge is 0.119 e. The van der Waals surface area contributed by atoms with Gasteiger partial charge in [-0.2, -0.15) is 0 Å². The van der Waals surface area contributed by atoms with Gasteiger partial charge in [0.05, 0.1) is 76.9 Å². The van der Waals surface area contributed by atoms with Gasteiger partial charge in [0.25, 0.3) is 0 Å². The third kappa shape index (κ3) is 18.7. The van der Waals surface area contributed by atoms with Gasteiger partial charge in [0.2, 0.25) is 0 Å². The highest BCUT2D eigenvalue weighted by molar-refractivity contribution is 9.10. The molecule has 10 heteroatoms. The lowest BCUT2D eigenvalue weighted by atomic mass is 9.65. The summed E-state index contributed by atoms with van der Waals surface area (Å²) >= 11 is 8.06. The highest BCUT2D eigenvalue weighted by Crippen LogP contribution is 2.63. The zero-order chi connectivity index (χ0) is 64.1. The molecule has 0 radical (unpaired) electrons. The molecule has 9 rings (SSSR count). The monoisotopic (exact) mass is 1370 g/mol. The van der Waals surface area contributed by atoms with Crippen LogP contribution in [0.15, 0.2) is 155 Å². The van der Waals surface area contributed by atoms with Gasteiger partial charge in [-0.3, -0.25) is 0 Å². The summed E-state index contributed by atoms with van der Waals surface area (Å²) in [4.78, 5) is 0. The van der Waals surface area contributed by atoms with Crippen molar-refractivity contribution in [3.05, 3.63) is 210 Å². The first-order valence-electron chi connectivity index (χ1n) is 35.1. The Bertz CT molecular complexity index is 3040. The van der Waals surface area contributed by atoms with E-state index >= 15 is 0 Å². The standard InChI is InChI=1S/C82H104Br2O8/c1-5-7-9-11-13-15-17-19-21-23-25-63-27-31-65(32-28-63)81(67-35-41-71(42-36-67)91-57-55-89-53-51-87-49-47-85-3)77-59-69(83)39-45-73(77)75-62-80-76(61-79(75)81)74-46-40-70(84)60-78(74)82(80,68-37-43-72(44-38-68)92-58-56-90-54-52-88-50-48-86-4)66-33-29-64(30-34-66)26-24-22-20-18-16-14-12-10-8-6-2/h27-46,59-62H,5-26,47-58H2,1-4H3/t81-,82+. The van der Waals surface area contributed by atoms with Gasteiger partial charge in [-0.05, 0) is 164 Å². The third-order valence-electron chi connectivity index (χ3n) is 18.9. The third-order valence-corrected chi connectivity index (χ3v) is 19.9. The molecule has 0 amide bonds. The van der Waals surface area contributed by atoms with Crippen LogP contribution in [0.2, 0.25) is 0 Å². The van der Waals surface area contributed by atoms with E-state index in [9.17, 15) is 0 Å². The zero-order valence-electron chi connectivity index (χ0n) is 55.9. The number of hydrogen-bond donors (Lipinski definition) is 0. The predicted molar refractivity (Wildman–Crippen MR) is 386 cm³/mol. The summed E-state index contributed by atoms with van der Waals surface area (Å²) in [7, 11) is 3.36. The maximum Gasteiger partial charge on any atom is 0.119 e. The number of rotatable bonds is 46. The van der Waals surface area contributed by atoms with Gasteiger partial charge >= 0.3 is 0 Å². The van der Waals surface area contributed by atoms with Crippen LogP contribution in [-0.2, 0) is 52.1 Å². The largest absolute Gasteiger partial charge is 0.491 e. The molecule has 0 N–H and O–H groups in total. The summed E-state index contributed by atoms with van der Waals surface area (Å²) in [5.74, 6) is 1.61. The van der Waals surface area contributed by atoms with Crippen molar-refractivity contribution >= 4 is 31.9 Å². The lowest BCUT2D eigenvalue weighted by molar-refractivity contribution is 0.0180. The van der Waals surface area contributed by atoms with E-state index in [2.05, 4.69) is 191 Å². The van der Waals surface area contributed by atoms with Gasteiger partial charge < -0.3 is 37.9 Å². The van der Waals surface area contributed by atoms with Crippen LogP contribution in [-0.4, -0.2) is 93.5 Å². The first-order chi connectivity index (χ1) is 45.4. The Morgan fingerprint density at radius 2 is 0.565 bits per heavy atom. The molecule has 2 atom stereocenters. The van der Waals surface area contributed by atoms with Crippen molar-refractivity contribution in [2.75, 3.05) is 93.5 Å². The SMILES string of the molecule is CCCCCCCCCCCCc1ccc([C@]2(c3ccc(OCCOCCOCCOC)cc3)c3cc(Br)ccc3-c3cc4c(cc32)-c2ccc(Br)cc2[C@@]4(c2ccc(CCCCCCCCCCCC)cc2)c2ccc(OCCOCCOCCOC)cc2)cc1.